The van der Waals surface area contributed by atoms with Gasteiger partial charge >= 0.3 is 0 Å². The third-order valence-electron chi connectivity index (χ3n) is 2.75. The third-order valence-corrected chi connectivity index (χ3v) is 5.14. The van der Waals surface area contributed by atoms with Gasteiger partial charge in [0.1, 0.15) is 0 Å². The number of anilines is 1. The highest BCUT2D eigenvalue weighted by Crippen LogP contribution is 2.34. The molecule has 1 aromatic rings. The van der Waals surface area contributed by atoms with Gasteiger partial charge in [0.25, 0.3) is 5.24 Å². The summed E-state index contributed by atoms with van der Waals surface area (Å²) in [4.78, 5) is 23.0. The molecule has 1 saturated heterocycles. The van der Waals surface area contributed by atoms with Crippen LogP contribution in [0, 0.1) is 5.92 Å². The summed E-state index contributed by atoms with van der Waals surface area (Å²) in [7, 11) is -3.76. The van der Waals surface area contributed by atoms with Gasteiger partial charge in [-0.25, -0.2) is 12.7 Å². The standard InChI is InChI=1S/C11H9Cl2NO4S/c1-6-5-19(17,18)14(11(6)16)9-4-7(10(13)15)2-3-8(9)12/h2-4,6H,5H2,1H3. The Morgan fingerprint density at radius 1 is 1.42 bits per heavy atom. The minimum absolute atomic E-state index is 0.0393. The normalized spacial score (nSPS) is 21.7. The van der Waals surface area contributed by atoms with E-state index in [1.807, 2.05) is 0 Å². The average molecular weight is 322 g/mol. The number of nitrogens with zero attached hydrogens (tertiary/aromatic N) is 1. The number of hydrogen-bond donors (Lipinski definition) is 0. The number of carbonyl (C=O) groups excluding carboxylic acids is 2. The second-order valence-electron chi connectivity index (χ2n) is 4.22. The van der Waals surface area contributed by atoms with Gasteiger partial charge in [-0.1, -0.05) is 18.5 Å². The SMILES string of the molecule is CC1CS(=O)(=O)N(c2cc(C(=O)Cl)ccc2Cl)C1=O. The van der Waals surface area contributed by atoms with Gasteiger partial charge in [-0.3, -0.25) is 9.59 Å². The molecule has 19 heavy (non-hydrogen) atoms. The molecule has 0 saturated carbocycles. The lowest BCUT2D eigenvalue weighted by Gasteiger charge is -2.17. The van der Waals surface area contributed by atoms with Gasteiger partial charge in [-0.2, -0.15) is 0 Å². The van der Waals surface area contributed by atoms with Gasteiger partial charge in [0, 0.05) is 5.56 Å². The second kappa shape index (κ2) is 4.77. The lowest BCUT2D eigenvalue weighted by Crippen LogP contribution is -2.30. The highest BCUT2D eigenvalue weighted by molar-refractivity contribution is 7.94. The predicted octanol–water partition coefficient (Wildman–Crippen LogP) is 2.03. The summed E-state index contributed by atoms with van der Waals surface area (Å²) in [6, 6.07) is 3.89. The Bertz CT molecular complexity index is 671. The van der Waals surface area contributed by atoms with Crippen molar-refractivity contribution in [2.45, 2.75) is 6.92 Å². The zero-order chi connectivity index (χ0) is 14.4. The fraction of sp³-hybridized carbons (Fsp3) is 0.273. The molecule has 102 valence electrons. The molecule has 1 aliphatic heterocycles. The Balaban J connectivity index is 2.61. The van der Waals surface area contributed by atoms with Crippen molar-refractivity contribution >= 4 is 50.1 Å². The number of halogens is 2. The van der Waals surface area contributed by atoms with Crippen LogP contribution in [0.4, 0.5) is 5.69 Å². The lowest BCUT2D eigenvalue weighted by molar-refractivity contribution is -0.119. The van der Waals surface area contributed by atoms with Gasteiger partial charge in [0.15, 0.2) is 0 Å². The first kappa shape index (κ1) is 14.3. The smallest absolute Gasteiger partial charge is 0.252 e. The number of hydrogen-bond acceptors (Lipinski definition) is 4. The molecular formula is C11H9Cl2NO4S. The van der Waals surface area contributed by atoms with Crippen molar-refractivity contribution in [2.24, 2.45) is 5.92 Å². The molecule has 1 fully saturated rings. The maximum Gasteiger partial charge on any atom is 0.252 e. The molecule has 0 aliphatic carbocycles. The van der Waals surface area contributed by atoms with Crippen LogP contribution in [0.3, 0.4) is 0 Å². The molecule has 1 amide bonds. The molecule has 0 N–H and O–H groups in total. The number of amides is 1. The van der Waals surface area contributed by atoms with Gasteiger partial charge in [0.2, 0.25) is 15.9 Å². The van der Waals surface area contributed by atoms with Crippen LogP contribution < -0.4 is 4.31 Å². The van der Waals surface area contributed by atoms with Crippen LogP contribution in [0.1, 0.15) is 17.3 Å². The zero-order valence-corrected chi connectivity index (χ0v) is 12.1. The van der Waals surface area contributed by atoms with E-state index in [9.17, 15) is 18.0 Å². The van der Waals surface area contributed by atoms with Crippen molar-refractivity contribution in [1.29, 1.82) is 0 Å². The molecule has 1 aromatic carbocycles. The minimum Gasteiger partial charge on any atom is -0.276 e. The summed E-state index contributed by atoms with van der Waals surface area (Å²) in [5, 5.41) is -0.692. The average Bonchev–Trinajstić information content (AvgIpc) is 2.49. The zero-order valence-electron chi connectivity index (χ0n) is 9.76. The van der Waals surface area contributed by atoms with E-state index in [1.165, 1.54) is 25.1 Å². The van der Waals surface area contributed by atoms with E-state index in [-0.39, 0.29) is 22.0 Å². The second-order valence-corrected chi connectivity index (χ2v) is 6.83. The van der Waals surface area contributed by atoms with E-state index in [1.54, 1.807) is 0 Å². The molecule has 0 aromatic heterocycles. The summed E-state index contributed by atoms with van der Waals surface area (Å²) in [6.07, 6.45) is 0. The summed E-state index contributed by atoms with van der Waals surface area (Å²) >= 11 is 11.2. The molecule has 1 unspecified atom stereocenters. The number of sulfonamides is 1. The Morgan fingerprint density at radius 2 is 2.05 bits per heavy atom. The maximum absolute atomic E-state index is 11.9. The largest absolute Gasteiger partial charge is 0.276 e. The summed E-state index contributed by atoms with van der Waals surface area (Å²) in [5.41, 5.74) is 0.0335. The topological polar surface area (TPSA) is 71.5 Å². The molecule has 2 rings (SSSR count). The predicted molar refractivity (Wildman–Crippen MR) is 72.1 cm³/mol. The van der Waals surface area contributed by atoms with Gasteiger partial charge in [-0.05, 0) is 29.8 Å². The Labute approximate surface area is 120 Å². The molecular weight excluding hydrogens is 313 g/mol. The van der Waals surface area contributed by atoms with E-state index in [0.717, 1.165) is 0 Å². The van der Waals surface area contributed by atoms with Crippen LogP contribution in [-0.4, -0.2) is 25.3 Å². The number of carbonyl (C=O) groups is 2. The molecule has 1 aliphatic rings. The lowest BCUT2D eigenvalue weighted by atomic mass is 10.2. The monoisotopic (exact) mass is 321 g/mol. The van der Waals surface area contributed by atoms with Crippen molar-refractivity contribution in [1.82, 2.24) is 0 Å². The Morgan fingerprint density at radius 3 is 2.53 bits per heavy atom. The molecule has 0 bridgehead atoms. The summed E-state index contributed by atoms with van der Waals surface area (Å²) in [6.45, 7) is 1.52. The quantitative estimate of drug-likeness (QED) is 0.781. The van der Waals surface area contributed by atoms with Crippen LogP contribution in [0.25, 0.3) is 0 Å². The van der Waals surface area contributed by atoms with E-state index in [4.69, 9.17) is 23.2 Å². The van der Waals surface area contributed by atoms with Crippen LogP contribution in [0.5, 0.6) is 0 Å². The van der Waals surface area contributed by atoms with Crippen LogP contribution in [0.15, 0.2) is 18.2 Å². The van der Waals surface area contributed by atoms with Crippen LogP contribution >= 0.6 is 23.2 Å². The van der Waals surface area contributed by atoms with Crippen molar-refractivity contribution < 1.29 is 18.0 Å². The van der Waals surface area contributed by atoms with Crippen molar-refractivity contribution in [2.75, 3.05) is 10.1 Å². The summed E-state index contributed by atoms with van der Waals surface area (Å²) < 4.78 is 24.5. The molecule has 1 heterocycles. The fourth-order valence-electron chi connectivity index (χ4n) is 1.86. The van der Waals surface area contributed by atoms with Gasteiger partial charge in [-0.15, -0.1) is 0 Å². The third kappa shape index (κ3) is 2.48. The van der Waals surface area contributed by atoms with Gasteiger partial charge in [0.05, 0.1) is 22.4 Å². The molecule has 8 heteroatoms. The van der Waals surface area contributed by atoms with Crippen LogP contribution in [0.2, 0.25) is 5.02 Å². The Hall–Kier alpha value is -1.11. The molecule has 5 nitrogen and oxygen atoms in total. The molecule has 1 atom stereocenters. The van der Waals surface area contributed by atoms with Crippen LogP contribution in [-0.2, 0) is 14.8 Å². The number of rotatable bonds is 2. The molecule has 0 spiro atoms. The number of benzene rings is 1. The fourth-order valence-corrected chi connectivity index (χ4v) is 4.06. The van der Waals surface area contributed by atoms with Gasteiger partial charge < -0.3 is 0 Å². The van der Waals surface area contributed by atoms with E-state index in [0.29, 0.717) is 4.31 Å². The highest BCUT2D eigenvalue weighted by Gasteiger charge is 2.42. The van der Waals surface area contributed by atoms with E-state index < -0.39 is 27.1 Å². The van der Waals surface area contributed by atoms with E-state index >= 15 is 0 Å². The highest BCUT2D eigenvalue weighted by atomic mass is 35.5. The summed E-state index contributed by atoms with van der Waals surface area (Å²) in [5.74, 6) is -1.49. The first-order valence-corrected chi connectivity index (χ1v) is 7.67. The molecule has 0 radical (unpaired) electrons. The van der Waals surface area contributed by atoms with Crippen molar-refractivity contribution in [3.8, 4) is 0 Å². The van der Waals surface area contributed by atoms with Crippen molar-refractivity contribution in [3.05, 3.63) is 28.8 Å². The van der Waals surface area contributed by atoms with Crippen molar-refractivity contribution in [3.63, 3.8) is 0 Å². The first-order chi connectivity index (χ1) is 8.74. The van der Waals surface area contributed by atoms with E-state index in [2.05, 4.69) is 0 Å². The first-order valence-electron chi connectivity index (χ1n) is 5.30. The maximum atomic E-state index is 11.9. The Kier molecular flexibility index (Phi) is 3.59. The minimum atomic E-state index is -3.76.